The van der Waals surface area contributed by atoms with E-state index in [-0.39, 0.29) is 0 Å². The van der Waals surface area contributed by atoms with Gasteiger partial charge in [0.25, 0.3) is 0 Å². The summed E-state index contributed by atoms with van der Waals surface area (Å²) < 4.78 is 0. The van der Waals surface area contributed by atoms with Crippen LogP contribution < -0.4 is 0 Å². The van der Waals surface area contributed by atoms with Gasteiger partial charge in [-0.2, -0.15) is 0 Å². The first-order chi connectivity index (χ1) is 10.3. The van der Waals surface area contributed by atoms with E-state index in [1.807, 2.05) is 5.51 Å². The topological polar surface area (TPSA) is 16.1 Å². The standard InChI is InChI=1S/C18H22N2S/c1-20-8-2-3-16(20)9-14-6-4-13-5-7-15(10-17(13)14)18-11-21-12-19-18/h5,7,10-12,14,16H,2-4,6,8-9H2,1H3/t14?,16-/m1/s1. The minimum atomic E-state index is 0.754. The fourth-order valence-electron chi connectivity index (χ4n) is 4.05. The van der Waals surface area contributed by atoms with Gasteiger partial charge >= 0.3 is 0 Å². The van der Waals surface area contributed by atoms with Crippen LogP contribution in [-0.4, -0.2) is 29.5 Å². The van der Waals surface area contributed by atoms with Crippen LogP contribution in [0, 0.1) is 0 Å². The average Bonchev–Trinajstić information content (AvgIpc) is 3.22. The maximum atomic E-state index is 4.46. The molecule has 1 aromatic carbocycles. The lowest BCUT2D eigenvalue weighted by atomic mass is 9.91. The molecule has 0 amide bonds. The third kappa shape index (κ3) is 2.53. The van der Waals surface area contributed by atoms with Gasteiger partial charge in [0.2, 0.25) is 0 Å². The number of nitrogens with zero attached hydrogens (tertiary/aromatic N) is 2. The van der Waals surface area contributed by atoms with Crippen molar-refractivity contribution >= 4 is 11.3 Å². The predicted molar refractivity (Wildman–Crippen MR) is 88.9 cm³/mol. The highest BCUT2D eigenvalue weighted by atomic mass is 32.1. The van der Waals surface area contributed by atoms with E-state index in [9.17, 15) is 0 Å². The first kappa shape index (κ1) is 13.5. The molecular formula is C18H22N2S. The van der Waals surface area contributed by atoms with Gasteiger partial charge < -0.3 is 4.90 Å². The van der Waals surface area contributed by atoms with E-state index >= 15 is 0 Å². The molecule has 21 heavy (non-hydrogen) atoms. The summed E-state index contributed by atoms with van der Waals surface area (Å²) in [6, 6.07) is 7.79. The number of hydrogen-bond donors (Lipinski definition) is 0. The third-order valence-corrected chi connectivity index (χ3v) is 5.89. The number of benzene rings is 1. The molecule has 0 spiro atoms. The van der Waals surface area contributed by atoms with E-state index in [4.69, 9.17) is 0 Å². The van der Waals surface area contributed by atoms with Crippen LogP contribution in [0.4, 0.5) is 0 Å². The van der Waals surface area contributed by atoms with Crippen molar-refractivity contribution in [2.45, 2.75) is 44.1 Å². The van der Waals surface area contributed by atoms with Crippen LogP contribution in [0.2, 0.25) is 0 Å². The fourth-order valence-corrected chi connectivity index (χ4v) is 4.61. The van der Waals surface area contributed by atoms with Crippen LogP contribution in [0.15, 0.2) is 29.1 Å². The number of rotatable bonds is 3. The molecule has 0 saturated carbocycles. The number of hydrogen-bond acceptors (Lipinski definition) is 3. The monoisotopic (exact) mass is 298 g/mol. The van der Waals surface area contributed by atoms with Crippen molar-refractivity contribution in [1.82, 2.24) is 9.88 Å². The summed E-state index contributed by atoms with van der Waals surface area (Å²) in [6.07, 6.45) is 6.69. The zero-order valence-electron chi connectivity index (χ0n) is 12.6. The van der Waals surface area contributed by atoms with Crippen LogP contribution in [0.5, 0.6) is 0 Å². The van der Waals surface area contributed by atoms with Gasteiger partial charge in [0.15, 0.2) is 0 Å². The van der Waals surface area contributed by atoms with Crippen LogP contribution in [0.3, 0.4) is 0 Å². The molecule has 2 atom stereocenters. The Labute approximate surface area is 130 Å². The predicted octanol–water partition coefficient (Wildman–Crippen LogP) is 4.32. The largest absolute Gasteiger partial charge is 0.303 e. The minimum Gasteiger partial charge on any atom is -0.303 e. The summed E-state index contributed by atoms with van der Waals surface area (Å²) in [5, 5.41) is 2.15. The Kier molecular flexibility index (Phi) is 3.56. The molecule has 2 aliphatic rings. The van der Waals surface area contributed by atoms with E-state index in [1.54, 1.807) is 22.5 Å². The molecule has 1 fully saturated rings. The zero-order valence-corrected chi connectivity index (χ0v) is 13.4. The van der Waals surface area contributed by atoms with Crippen molar-refractivity contribution < 1.29 is 0 Å². The van der Waals surface area contributed by atoms with Crippen LogP contribution in [-0.2, 0) is 6.42 Å². The molecule has 110 valence electrons. The molecule has 0 N–H and O–H groups in total. The lowest BCUT2D eigenvalue weighted by Crippen LogP contribution is -2.26. The number of fused-ring (bicyclic) bond motifs is 1. The lowest BCUT2D eigenvalue weighted by Gasteiger charge is -2.23. The van der Waals surface area contributed by atoms with Gasteiger partial charge in [-0.05, 0) is 68.8 Å². The third-order valence-electron chi connectivity index (χ3n) is 5.30. The highest BCUT2D eigenvalue weighted by Crippen LogP contribution is 2.40. The van der Waals surface area contributed by atoms with Gasteiger partial charge in [0, 0.05) is 17.0 Å². The molecule has 1 saturated heterocycles. The summed E-state index contributed by atoms with van der Waals surface area (Å²) in [4.78, 5) is 7.02. The van der Waals surface area contributed by atoms with E-state index in [1.165, 1.54) is 44.2 Å². The van der Waals surface area contributed by atoms with Crippen molar-refractivity contribution in [2.75, 3.05) is 13.6 Å². The highest BCUT2D eigenvalue weighted by Gasteiger charge is 2.29. The van der Waals surface area contributed by atoms with Crippen molar-refractivity contribution in [3.63, 3.8) is 0 Å². The Morgan fingerprint density at radius 3 is 3.05 bits per heavy atom. The van der Waals surface area contributed by atoms with Gasteiger partial charge in [-0.25, -0.2) is 4.98 Å². The maximum Gasteiger partial charge on any atom is 0.0811 e. The molecule has 2 nitrogen and oxygen atoms in total. The first-order valence-corrected chi connectivity index (χ1v) is 8.97. The number of aryl methyl sites for hydroxylation is 1. The minimum absolute atomic E-state index is 0.754. The second kappa shape index (κ2) is 5.54. The van der Waals surface area contributed by atoms with Crippen LogP contribution in [0.1, 0.15) is 42.7 Å². The molecule has 1 aromatic heterocycles. The van der Waals surface area contributed by atoms with Crippen LogP contribution in [0.25, 0.3) is 11.3 Å². The van der Waals surface area contributed by atoms with Crippen molar-refractivity contribution in [3.05, 3.63) is 40.2 Å². The van der Waals surface area contributed by atoms with Crippen molar-refractivity contribution in [1.29, 1.82) is 0 Å². The second-order valence-corrected chi connectivity index (χ2v) is 7.25. The molecule has 2 heterocycles. The quantitative estimate of drug-likeness (QED) is 0.838. The Balaban J connectivity index is 1.59. The zero-order chi connectivity index (χ0) is 14.2. The molecule has 1 aliphatic carbocycles. The Hall–Kier alpha value is -1.19. The van der Waals surface area contributed by atoms with Crippen molar-refractivity contribution in [2.24, 2.45) is 0 Å². The summed E-state index contributed by atoms with van der Waals surface area (Å²) in [6.45, 7) is 1.28. The highest BCUT2D eigenvalue weighted by molar-refractivity contribution is 7.07. The summed E-state index contributed by atoms with van der Waals surface area (Å²) in [5.74, 6) is 0.754. The van der Waals surface area contributed by atoms with Gasteiger partial charge in [-0.1, -0.05) is 12.1 Å². The number of aromatic nitrogens is 1. The molecule has 3 heteroatoms. The average molecular weight is 298 g/mol. The van der Waals surface area contributed by atoms with Gasteiger partial charge in [-0.15, -0.1) is 11.3 Å². The summed E-state index contributed by atoms with van der Waals surface area (Å²) in [5.41, 5.74) is 7.52. The molecule has 1 aliphatic heterocycles. The molecule has 0 bridgehead atoms. The lowest BCUT2D eigenvalue weighted by molar-refractivity contribution is 0.281. The van der Waals surface area contributed by atoms with Gasteiger partial charge in [0.1, 0.15) is 0 Å². The summed E-state index contributed by atoms with van der Waals surface area (Å²) >= 11 is 1.68. The molecular weight excluding hydrogens is 276 g/mol. The Bertz CT molecular complexity index is 620. The van der Waals surface area contributed by atoms with E-state index in [0.717, 1.165) is 17.7 Å². The van der Waals surface area contributed by atoms with E-state index in [0.29, 0.717) is 0 Å². The number of likely N-dealkylation sites (tertiary alicyclic amines) is 1. The van der Waals surface area contributed by atoms with E-state index in [2.05, 4.69) is 40.5 Å². The fraction of sp³-hybridized carbons (Fsp3) is 0.500. The van der Waals surface area contributed by atoms with E-state index < -0.39 is 0 Å². The van der Waals surface area contributed by atoms with Crippen LogP contribution >= 0.6 is 11.3 Å². The van der Waals surface area contributed by atoms with Gasteiger partial charge in [0.05, 0.1) is 11.2 Å². The Morgan fingerprint density at radius 2 is 2.29 bits per heavy atom. The summed E-state index contributed by atoms with van der Waals surface area (Å²) in [7, 11) is 2.29. The molecule has 4 rings (SSSR count). The first-order valence-electron chi connectivity index (χ1n) is 8.03. The SMILES string of the molecule is CN1CCC[C@@H]1CC1CCc2ccc(-c3cscn3)cc21. The van der Waals surface area contributed by atoms with Crippen molar-refractivity contribution in [3.8, 4) is 11.3 Å². The molecule has 1 unspecified atom stereocenters. The second-order valence-electron chi connectivity index (χ2n) is 6.54. The van der Waals surface area contributed by atoms with Gasteiger partial charge in [-0.3, -0.25) is 0 Å². The maximum absolute atomic E-state index is 4.46. The molecule has 2 aromatic rings. The number of thiazole rings is 1. The normalized spacial score (nSPS) is 25.4. The molecule has 0 radical (unpaired) electrons. The smallest absolute Gasteiger partial charge is 0.0811 e. The Morgan fingerprint density at radius 1 is 1.33 bits per heavy atom.